The number of hydrogen-bond acceptors (Lipinski definition) is 3. The Morgan fingerprint density at radius 2 is 1.74 bits per heavy atom. The van der Waals surface area contributed by atoms with Gasteiger partial charge in [-0.15, -0.1) is 0 Å². The number of benzene rings is 1. The number of nitrogens with one attached hydrogen (secondary N) is 3. The smallest absolute Gasteiger partial charge is 0.317 e. The van der Waals surface area contributed by atoms with Gasteiger partial charge < -0.3 is 20.9 Å². The molecule has 0 atom stereocenters. The molecular formula is C24H34N4O3. The molecule has 1 aliphatic carbocycles. The summed E-state index contributed by atoms with van der Waals surface area (Å²) in [5.74, 6) is 0.132. The first-order valence-electron chi connectivity index (χ1n) is 11.8. The molecule has 4 amide bonds. The van der Waals surface area contributed by atoms with Crippen LogP contribution < -0.4 is 16.0 Å². The van der Waals surface area contributed by atoms with Gasteiger partial charge in [0.1, 0.15) is 0 Å². The Hall–Kier alpha value is -2.57. The van der Waals surface area contributed by atoms with Gasteiger partial charge in [0.25, 0.3) is 0 Å². The van der Waals surface area contributed by atoms with Gasteiger partial charge in [-0.05, 0) is 55.7 Å². The Bertz CT molecular complexity index is 811. The van der Waals surface area contributed by atoms with E-state index in [4.69, 9.17) is 0 Å². The Labute approximate surface area is 184 Å². The van der Waals surface area contributed by atoms with Crippen LogP contribution in [-0.2, 0) is 22.4 Å². The van der Waals surface area contributed by atoms with Crippen molar-refractivity contribution >= 4 is 23.5 Å². The van der Waals surface area contributed by atoms with Gasteiger partial charge in [-0.25, -0.2) is 4.79 Å². The van der Waals surface area contributed by atoms with Crippen LogP contribution in [0.15, 0.2) is 18.2 Å². The Kier molecular flexibility index (Phi) is 7.10. The molecule has 1 saturated heterocycles. The van der Waals surface area contributed by atoms with Gasteiger partial charge in [0.15, 0.2) is 0 Å². The van der Waals surface area contributed by atoms with Gasteiger partial charge in [-0.2, -0.15) is 0 Å². The van der Waals surface area contributed by atoms with Crippen LogP contribution in [-0.4, -0.2) is 47.9 Å². The van der Waals surface area contributed by atoms with Crippen LogP contribution in [0.4, 0.5) is 10.5 Å². The first-order chi connectivity index (χ1) is 15.1. The quantitative estimate of drug-likeness (QED) is 0.653. The van der Waals surface area contributed by atoms with Gasteiger partial charge in [-0.3, -0.25) is 9.59 Å². The van der Waals surface area contributed by atoms with Crippen molar-refractivity contribution in [3.8, 4) is 0 Å². The molecule has 1 saturated carbocycles. The minimum Gasteiger partial charge on any atom is -0.353 e. The molecule has 4 rings (SSSR count). The predicted octanol–water partition coefficient (Wildman–Crippen LogP) is 3.13. The Balaban J connectivity index is 1.12. The number of anilines is 1. The van der Waals surface area contributed by atoms with Gasteiger partial charge in [0.05, 0.1) is 6.42 Å². The van der Waals surface area contributed by atoms with Crippen LogP contribution in [0.1, 0.15) is 68.9 Å². The van der Waals surface area contributed by atoms with E-state index in [9.17, 15) is 14.4 Å². The van der Waals surface area contributed by atoms with Gasteiger partial charge in [0, 0.05) is 37.3 Å². The summed E-state index contributed by atoms with van der Waals surface area (Å²) in [7, 11) is 0. The summed E-state index contributed by atoms with van der Waals surface area (Å²) < 4.78 is 0. The number of aryl methyl sites for hydroxylation is 1. The number of carbonyl (C=O) groups is 3. The number of nitrogens with zero attached hydrogens (tertiary/aromatic N) is 1. The van der Waals surface area contributed by atoms with Crippen molar-refractivity contribution in [1.82, 2.24) is 15.5 Å². The molecule has 2 aliphatic heterocycles. The van der Waals surface area contributed by atoms with Crippen molar-refractivity contribution in [3.63, 3.8) is 0 Å². The maximum absolute atomic E-state index is 12.5. The lowest BCUT2D eigenvalue weighted by molar-refractivity contribution is -0.122. The average molecular weight is 427 g/mol. The number of amides is 4. The highest BCUT2D eigenvalue weighted by atomic mass is 16.2. The van der Waals surface area contributed by atoms with E-state index in [1.807, 2.05) is 17.0 Å². The molecule has 1 aromatic carbocycles. The van der Waals surface area contributed by atoms with Crippen LogP contribution in [0.25, 0.3) is 0 Å². The second-order valence-electron chi connectivity index (χ2n) is 9.18. The van der Waals surface area contributed by atoms with E-state index in [-0.39, 0.29) is 23.9 Å². The van der Waals surface area contributed by atoms with E-state index in [1.165, 1.54) is 24.8 Å². The average Bonchev–Trinajstić information content (AvgIpc) is 3.14. The monoisotopic (exact) mass is 426 g/mol. The fourth-order valence-electron chi connectivity index (χ4n) is 4.93. The van der Waals surface area contributed by atoms with Crippen molar-refractivity contribution in [2.75, 3.05) is 18.4 Å². The highest BCUT2D eigenvalue weighted by molar-refractivity contribution is 5.99. The van der Waals surface area contributed by atoms with Crippen LogP contribution in [0.2, 0.25) is 0 Å². The normalized spacial score (nSPS) is 19.6. The fourth-order valence-corrected chi connectivity index (χ4v) is 4.93. The van der Waals surface area contributed by atoms with Crippen molar-refractivity contribution < 1.29 is 14.4 Å². The molecule has 7 nitrogen and oxygen atoms in total. The second kappa shape index (κ2) is 10.2. The zero-order valence-electron chi connectivity index (χ0n) is 18.3. The second-order valence-corrected chi connectivity index (χ2v) is 9.18. The third kappa shape index (κ3) is 5.99. The standard InChI is InChI=1S/C24H34N4O3/c29-22(8-4-5-17-9-10-21-18(15-17)16-23(30)27-21)25-20-11-13-28(14-12-20)24(31)26-19-6-2-1-3-7-19/h9-10,15,19-20H,1-8,11-14,16H2,(H,25,29)(H,26,31)(H,27,30). The maximum Gasteiger partial charge on any atom is 0.317 e. The largest absolute Gasteiger partial charge is 0.353 e. The summed E-state index contributed by atoms with van der Waals surface area (Å²) >= 11 is 0. The number of rotatable bonds is 6. The van der Waals surface area contributed by atoms with E-state index >= 15 is 0 Å². The molecular weight excluding hydrogens is 392 g/mol. The molecule has 3 aliphatic rings. The van der Waals surface area contributed by atoms with Crippen molar-refractivity contribution in [2.24, 2.45) is 0 Å². The molecule has 0 radical (unpaired) electrons. The van der Waals surface area contributed by atoms with Crippen molar-refractivity contribution in [3.05, 3.63) is 29.3 Å². The molecule has 2 fully saturated rings. The summed E-state index contributed by atoms with van der Waals surface area (Å²) in [6.45, 7) is 1.40. The number of likely N-dealkylation sites (tertiary alicyclic amines) is 1. The minimum atomic E-state index is 0.0454. The van der Waals surface area contributed by atoms with E-state index in [1.54, 1.807) is 0 Å². The lowest BCUT2D eigenvalue weighted by Gasteiger charge is -2.34. The van der Waals surface area contributed by atoms with E-state index < -0.39 is 0 Å². The third-order valence-electron chi connectivity index (χ3n) is 6.74. The summed E-state index contributed by atoms with van der Waals surface area (Å²) in [6.07, 6.45) is 10.1. The van der Waals surface area contributed by atoms with Crippen LogP contribution in [0.5, 0.6) is 0 Å². The summed E-state index contributed by atoms with van der Waals surface area (Å²) in [5, 5.41) is 9.17. The fraction of sp³-hybridized carbons (Fsp3) is 0.625. The topological polar surface area (TPSA) is 90.5 Å². The molecule has 31 heavy (non-hydrogen) atoms. The van der Waals surface area contributed by atoms with Crippen LogP contribution in [0, 0.1) is 0 Å². The molecule has 0 bridgehead atoms. The zero-order valence-corrected chi connectivity index (χ0v) is 18.3. The summed E-state index contributed by atoms with van der Waals surface area (Å²) in [5.41, 5.74) is 3.12. The number of hydrogen-bond donors (Lipinski definition) is 3. The van der Waals surface area contributed by atoms with Crippen LogP contribution >= 0.6 is 0 Å². The van der Waals surface area contributed by atoms with E-state index in [0.29, 0.717) is 32.0 Å². The maximum atomic E-state index is 12.5. The van der Waals surface area contributed by atoms with E-state index in [0.717, 1.165) is 49.8 Å². The first-order valence-corrected chi connectivity index (χ1v) is 11.8. The van der Waals surface area contributed by atoms with Gasteiger partial charge >= 0.3 is 6.03 Å². The lowest BCUT2D eigenvalue weighted by atomic mass is 9.95. The van der Waals surface area contributed by atoms with Gasteiger partial charge in [0.2, 0.25) is 11.8 Å². The molecule has 0 spiro atoms. The molecule has 3 N–H and O–H groups in total. The molecule has 2 heterocycles. The Morgan fingerprint density at radius 3 is 2.52 bits per heavy atom. The first kappa shape index (κ1) is 21.7. The molecule has 7 heteroatoms. The predicted molar refractivity (Wildman–Crippen MR) is 120 cm³/mol. The number of urea groups is 1. The molecule has 0 aromatic heterocycles. The number of piperidine rings is 1. The Morgan fingerprint density at radius 1 is 1.00 bits per heavy atom. The van der Waals surface area contributed by atoms with Crippen molar-refractivity contribution in [1.29, 1.82) is 0 Å². The minimum absolute atomic E-state index is 0.0454. The molecule has 0 unspecified atom stereocenters. The van der Waals surface area contributed by atoms with E-state index in [2.05, 4.69) is 22.0 Å². The number of fused-ring (bicyclic) bond motifs is 1. The number of carbonyl (C=O) groups excluding carboxylic acids is 3. The molecule has 1 aromatic rings. The summed E-state index contributed by atoms with van der Waals surface area (Å²) in [6, 6.07) is 6.59. The summed E-state index contributed by atoms with van der Waals surface area (Å²) in [4.78, 5) is 38.2. The zero-order chi connectivity index (χ0) is 21.6. The van der Waals surface area contributed by atoms with Crippen molar-refractivity contribution in [2.45, 2.75) is 82.7 Å². The highest BCUT2D eigenvalue weighted by Gasteiger charge is 2.25. The van der Waals surface area contributed by atoms with Gasteiger partial charge in [-0.1, -0.05) is 31.4 Å². The third-order valence-corrected chi connectivity index (χ3v) is 6.74. The highest BCUT2D eigenvalue weighted by Crippen LogP contribution is 2.24. The molecule has 168 valence electrons. The lowest BCUT2D eigenvalue weighted by Crippen LogP contribution is -2.51. The SMILES string of the molecule is O=C1Cc2cc(CCCC(=O)NC3CCN(C(=O)NC4CCCCC4)CC3)ccc2N1. The van der Waals surface area contributed by atoms with Crippen LogP contribution in [0.3, 0.4) is 0 Å².